The molecule has 2 heterocycles. The molecule has 0 fully saturated rings. The molecule has 196 valence electrons. The van der Waals surface area contributed by atoms with E-state index in [9.17, 15) is 0 Å². The molecule has 1 unspecified atom stereocenters. The minimum atomic E-state index is -0.0951. The molecule has 0 spiro atoms. The van der Waals surface area contributed by atoms with Gasteiger partial charge in [0.1, 0.15) is 6.33 Å². The molecule has 4 aromatic carbocycles. The van der Waals surface area contributed by atoms with E-state index in [0.29, 0.717) is 5.92 Å². The highest BCUT2D eigenvalue weighted by molar-refractivity contribution is 6.05. The Balaban J connectivity index is 1.54. The third-order valence-corrected chi connectivity index (χ3v) is 9.14. The fraction of sp³-hybridized carbons (Fsp3) is 0.278. The highest BCUT2D eigenvalue weighted by Gasteiger charge is 2.44. The molecule has 1 aromatic heterocycles. The van der Waals surface area contributed by atoms with Gasteiger partial charge in [-0.15, -0.1) is 0 Å². The first-order valence-electron chi connectivity index (χ1n) is 14.1. The van der Waals surface area contributed by atoms with Crippen molar-refractivity contribution >= 4 is 16.7 Å². The van der Waals surface area contributed by atoms with E-state index in [2.05, 4.69) is 135 Å². The minimum absolute atomic E-state index is 0.0420. The number of fused-ring (bicyclic) bond motifs is 1. The topological polar surface area (TPSA) is 30.2 Å². The van der Waals surface area contributed by atoms with Crippen LogP contribution in [0, 0.1) is 5.41 Å². The highest BCUT2D eigenvalue weighted by Crippen LogP contribution is 2.50. The Labute approximate surface area is 232 Å². The largest absolute Gasteiger partial charge is 0.298 e. The molecule has 0 saturated carbocycles. The molecule has 0 saturated heterocycles. The van der Waals surface area contributed by atoms with Crippen LogP contribution in [0.25, 0.3) is 16.7 Å². The van der Waals surface area contributed by atoms with Gasteiger partial charge in [-0.2, -0.15) is 0 Å². The Morgan fingerprint density at radius 3 is 2.15 bits per heavy atom. The number of nitrogens with zero attached hydrogens (tertiary/aromatic N) is 3. The lowest BCUT2D eigenvalue weighted by atomic mass is 9.60. The fourth-order valence-electron chi connectivity index (χ4n) is 6.43. The van der Waals surface area contributed by atoms with E-state index in [-0.39, 0.29) is 16.9 Å². The quantitative estimate of drug-likeness (QED) is 0.237. The molecule has 3 nitrogen and oxygen atoms in total. The lowest BCUT2D eigenvalue weighted by Gasteiger charge is -2.46. The predicted molar refractivity (Wildman–Crippen MR) is 163 cm³/mol. The zero-order chi connectivity index (χ0) is 27.0. The molecule has 0 radical (unpaired) electrons. The van der Waals surface area contributed by atoms with Crippen molar-refractivity contribution in [3.63, 3.8) is 0 Å². The van der Waals surface area contributed by atoms with Crippen LogP contribution in [0.5, 0.6) is 0 Å². The molecule has 1 aliphatic heterocycles. The average Bonchev–Trinajstić information content (AvgIpc) is 3.40. The summed E-state index contributed by atoms with van der Waals surface area (Å²) in [7, 11) is 0. The van der Waals surface area contributed by atoms with Crippen molar-refractivity contribution in [3.05, 3.63) is 132 Å². The van der Waals surface area contributed by atoms with Crippen LogP contribution >= 0.6 is 0 Å². The predicted octanol–water partition coefficient (Wildman–Crippen LogP) is 8.76. The number of benzene rings is 4. The Bertz CT molecular complexity index is 1610. The molecule has 3 heteroatoms. The standard InChI is InChI=1S/C36H37N3/c1-26-35(2,3)30(27-15-7-5-8-16-27)23-36(4,28-17-9-6-10-18-28)24-32(38-26)29-19-11-13-21-33(29)39-25-37-31-20-12-14-22-34(31)39/h5-22,25-26,30H,23-24H2,1-4H3/t26-,30?,36+/m1/s1. The van der Waals surface area contributed by atoms with Crippen molar-refractivity contribution in [2.24, 2.45) is 10.4 Å². The van der Waals surface area contributed by atoms with Gasteiger partial charge in [-0.05, 0) is 65.8 Å². The second kappa shape index (κ2) is 9.96. The van der Waals surface area contributed by atoms with Crippen molar-refractivity contribution in [1.82, 2.24) is 9.55 Å². The summed E-state index contributed by atoms with van der Waals surface area (Å²) in [6.45, 7) is 9.55. The number of rotatable bonds is 4. The van der Waals surface area contributed by atoms with Crippen molar-refractivity contribution in [2.45, 2.75) is 57.9 Å². The van der Waals surface area contributed by atoms with Gasteiger partial charge >= 0.3 is 0 Å². The van der Waals surface area contributed by atoms with Crippen LogP contribution in [0.4, 0.5) is 0 Å². The van der Waals surface area contributed by atoms with Crippen LogP contribution in [0.15, 0.2) is 121 Å². The van der Waals surface area contributed by atoms with Gasteiger partial charge in [-0.25, -0.2) is 4.98 Å². The normalized spacial score (nSPS) is 23.1. The molecule has 3 atom stereocenters. The smallest absolute Gasteiger partial charge is 0.100 e. The van der Waals surface area contributed by atoms with Crippen molar-refractivity contribution in [3.8, 4) is 5.69 Å². The number of para-hydroxylation sites is 3. The SMILES string of the molecule is C[C@H]1N=C(c2ccccc2-n2cnc3ccccc32)C[C@@](C)(c2ccccc2)CC(c2ccccc2)C1(C)C. The number of imidazole rings is 1. The van der Waals surface area contributed by atoms with E-state index >= 15 is 0 Å². The molecule has 39 heavy (non-hydrogen) atoms. The van der Waals surface area contributed by atoms with E-state index in [1.807, 2.05) is 12.4 Å². The molecule has 1 aliphatic rings. The van der Waals surface area contributed by atoms with Gasteiger partial charge < -0.3 is 0 Å². The molecule has 0 bridgehead atoms. The van der Waals surface area contributed by atoms with Crippen molar-refractivity contribution in [1.29, 1.82) is 0 Å². The van der Waals surface area contributed by atoms with Crippen LogP contribution in [-0.2, 0) is 5.41 Å². The van der Waals surface area contributed by atoms with Crippen molar-refractivity contribution < 1.29 is 0 Å². The second-order valence-electron chi connectivity index (χ2n) is 12.0. The van der Waals surface area contributed by atoms with Gasteiger partial charge in [0.2, 0.25) is 0 Å². The molecular formula is C36H37N3. The monoisotopic (exact) mass is 511 g/mol. The van der Waals surface area contributed by atoms with Crippen LogP contribution < -0.4 is 0 Å². The van der Waals surface area contributed by atoms with Gasteiger partial charge in [0.25, 0.3) is 0 Å². The van der Waals surface area contributed by atoms with Crippen LogP contribution in [0.3, 0.4) is 0 Å². The first-order chi connectivity index (χ1) is 18.9. The van der Waals surface area contributed by atoms with Crippen LogP contribution in [0.2, 0.25) is 0 Å². The summed E-state index contributed by atoms with van der Waals surface area (Å²) in [5.41, 5.74) is 8.23. The summed E-state index contributed by atoms with van der Waals surface area (Å²) < 4.78 is 2.22. The molecule has 0 N–H and O–H groups in total. The zero-order valence-corrected chi connectivity index (χ0v) is 23.4. The Hall–Kier alpha value is -3.98. The van der Waals surface area contributed by atoms with E-state index in [1.165, 1.54) is 22.4 Å². The van der Waals surface area contributed by atoms with E-state index < -0.39 is 0 Å². The summed E-state index contributed by atoms with van der Waals surface area (Å²) in [6, 6.07) is 39.3. The minimum Gasteiger partial charge on any atom is -0.298 e. The highest BCUT2D eigenvalue weighted by atomic mass is 15.1. The van der Waals surface area contributed by atoms with Crippen molar-refractivity contribution in [2.75, 3.05) is 0 Å². The van der Waals surface area contributed by atoms with Gasteiger partial charge in [-0.1, -0.05) is 112 Å². The van der Waals surface area contributed by atoms with Gasteiger partial charge in [0.05, 0.1) is 22.8 Å². The Morgan fingerprint density at radius 2 is 1.38 bits per heavy atom. The summed E-state index contributed by atoms with van der Waals surface area (Å²) in [6.07, 6.45) is 3.86. The second-order valence-corrected chi connectivity index (χ2v) is 12.0. The van der Waals surface area contributed by atoms with Crippen LogP contribution in [0.1, 0.15) is 63.1 Å². The lowest BCUT2D eigenvalue weighted by Crippen LogP contribution is -2.41. The van der Waals surface area contributed by atoms with E-state index in [1.54, 1.807) is 0 Å². The fourth-order valence-corrected chi connectivity index (χ4v) is 6.43. The maximum absolute atomic E-state index is 5.59. The van der Waals surface area contributed by atoms with Gasteiger partial charge in [0.15, 0.2) is 0 Å². The first-order valence-corrected chi connectivity index (χ1v) is 14.1. The zero-order valence-electron chi connectivity index (χ0n) is 23.4. The Kier molecular flexibility index (Phi) is 6.46. The van der Waals surface area contributed by atoms with Crippen LogP contribution in [-0.4, -0.2) is 21.3 Å². The molecular weight excluding hydrogens is 474 g/mol. The summed E-state index contributed by atoms with van der Waals surface area (Å²) in [5, 5.41) is 0. The van der Waals surface area contributed by atoms with Gasteiger partial charge in [0, 0.05) is 11.3 Å². The maximum Gasteiger partial charge on any atom is 0.100 e. The summed E-state index contributed by atoms with van der Waals surface area (Å²) in [5.74, 6) is 0.372. The average molecular weight is 512 g/mol. The number of aliphatic imine (C=N–C) groups is 1. The third-order valence-electron chi connectivity index (χ3n) is 9.14. The Morgan fingerprint density at radius 1 is 0.744 bits per heavy atom. The first kappa shape index (κ1) is 25.3. The lowest BCUT2D eigenvalue weighted by molar-refractivity contribution is 0.191. The van der Waals surface area contributed by atoms with E-state index in [0.717, 1.165) is 29.6 Å². The molecule has 6 rings (SSSR count). The maximum atomic E-state index is 5.59. The summed E-state index contributed by atoms with van der Waals surface area (Å²) in [4.78, 5) is 10.3. The van der Waals surface area contributed by atoms with E-state index in [4.69, 9.17) is 9.98 Å². The third kappa shape index (κ3) is 4.61. The number of hydrogen-bond donors (Lipinski definition) is 0. The summed E-state index contributed by atoms with van der Waals surface area (Å²) >= 11 is 0. The number of aromatic nitrogens is 2. The van der Waals surface area contributed by atoms with Gasteiger partial charge in [-0.3, -0.25) is 9.56 Å². The molecule has 0 amide bonds. The number of hydrogen-bond acceptors (Lipinski definition) is 2. The molecule has 5 aromatic rings. The molecule has 0 aliphatic carbocycles.